The van der Waals surface area contributed by atoms with Crippen LogP contribution >= 0.6 is 0 Å². The van der Waals surface area contributed by atoms with Crippen LogP contribution in [0, 0.1) is 0 Å². The Balaban J connectivity index is 1.65. The minimum atomic E-state index is -0.635. The number of rotatable bonds is 6. The van der Waals surface area contributed by atoms with Crippen LogP contribution in [-0.4, -0.2) is 28.6 Å². The lowest BCUT2D eigenvalue weighted by atomic mass is 10.1. The molecule has 0 aliphatic carbocycles. The molecular weight excluding hydrogens is 370 g/mol. The minimum Gasteiger partial charge on any atom is -0.351 e. The van der Waals surface area contributed by atoms with Gasteiger partial charge in [0.2, 0.25) is 5.91 Å². The van der Waals surface area contributed by atoms with Crippen LogP contribution in [0.2, 0.25) is 0 Å². The summed E-state index contributed by atoms with van der Waals surface area (Å²) in [7, 11) is 0. The average molecular weight is 393 g/mol. The Kier molecular flexibility index (Phi) is 6.23. The summed E-state index contributed by atoms with van der Waals surface area (Å²) in [5.74, 6) is -0.404. The van der Waals surface area contributed by atoms with Crippen molar-refractivity contribution in [2.45, 2.75) is 32.4 Å². The molecule has 0 bridgehead atoms. The van der Waals surface area contributed by atoms with Gasteiger partial charge in [0.1, 0.15) is 5.71 Å². The monoisotopic (exact) mass is 393 g/mol. The van der Waals surface area contributed by atoms with Gasteiger partial charge in [-0.3, -0.25) is 9.59 Å². The SMILES string of the molecule is CC(NC(=O)C1=NN(Cc2ccccc2)C(=O)CC1)c1ccc(NC(N)=O)cc1. The molecule has 1 unspecified atom stereocenters. The Labute approximate surface area is 168 Å². The first-order chi connectivity index (χ1) is 13.9. The molecule has 1 aliphatic heterocycles. The fourth-order valence-electron chi connectivity index (χ4n) is 3.01. The Morgan fingerprint density at radius 3 is 2.45 bits per heavy atom. The Hall–Kier alpha value is -3.68. The Morgan fingerprint density at radius 1 is 1.10 bits per heavy atom. The van der Waals surface area contributed by atoms with E-state index >= 15 is 0 Å². The van der Waals surface area contributed by atoms with Crippen molar-refractivity contribution in [3.05, 3.63) is 65.7 Å². The van der Waals surface area contributed by atoms with Crippen molar-refractivity contribution in [1.29, 1.82) is 0 Å². The van der Waals surface area contributed by atoms with Gasteiger partial charge in [0.05, 0.1) is 12.6 Å². The van der Waals surface area contributed by atoms with E-state index in [4.69, 9.17) is 5.73 Å². The number of carbonyl (C=O) groups is 3. The minimum absolute atomic E-state index is 0.101. The van der Waals surface area contributed by atoms with Crippen LogP contribution < -0.4 is 16.4 Å². The number of nitrogens with one attached hydrogen (secondary N) is 2. The zero-order valence-corrected chi connectivity index (χ0v) is 16.1. The number of anilines is 1. The fourth-order valence-corrected chi connectivity index (χ4v) is 3.01. The topological polar surface area (TPSA) is 117 Å². The number of hydrogen-bond acceptors (Lipinski definition) is 4. The summed E-state index contributed by atoms with van der Waals surface area (Å²) in [6, 6.07) is 15.6. The zero-order chi connectivity index (χ0) is 20.8. The largest absolute Gasteiger partial charge is 0.351 e. The van der Waals surface area contributed by atoms with Crippen LogP contribution in [0.25, 0.3) is 0 Å². The second-order valence-corrected chi connectivity index (χ2v) is 6.79. The summed E-state index contributed by atoms with van der Waals surface area (Å²) in [6.45, 7) is 2.19. The molecule has 29 heavy (non-hydrogen) atoms. The van der Waals surface area contributed by atoms with Crippen molar-refractivity contribution in [2.24, 2.45) is 10.8 Å². The van der Waals surface area contributed by atoms with E-state index in [-0.39, 0.29) is 24.3 Å². The summed E-state index contributed by atoms with van der Waals surface area (Å²) in [6.07, 6.45) is 0.561. The second kappa shape index (κ2) is 9.01. The number of amides is 4. The third-order valence-corrected chi connectivity index (χ3v) is 4.57. The lowest BCUT2D eigenvalue weighted by Gasteiger charge is -2.24. The standard InChI is InChI=1S/C21H23N5O3/c1-14(16-7-9-17(10-8-16)24-21(22)29)23-20(28)18-11-12-19(27)26(25-18)13-15-5-3-2-4-6-15/h2-10,14H,11-13H2,1H3,(H,23,28)(H3,22,24,29). The van der Waals surface area contributed by atoms with E-state index in [2.05, 4.69) is 15.7 Å². The van der Waals surface area contributed by atoms with Crippen molar-refractivity contribution >= 4 is 29.2 Å². The summed E-state index contributed by atoms with van der Waals surface area (Å²) >= 11 is 0. The van der Waals surface area contributed by atoms with Gasteiger partial charge < -0.3 is 16.4 Å². The number of primary amides is 1. The Morgan fingerprint density at radius 2 is 1.79 bits per heavy atom. The highest BCUT2D eigenvalue weighted by Gasteiger charge is 2.25. The van der Waals surface area contributed by atoms with Crippen LogP contribution in [0.5, 0.6) is 0 Å². The number of nitrogens with zero attached hydrogens (tertiary/aromatic N) is 2. The molecule has 1 atom stereocenters. The van der Waals surface area contributed by atoms with Gasteiger partial charge in [-0.2, -0.15) is 5.10 Å². The van der Waals surface area contributed by atoms with Gasteiger partial charge in [-0.25, -0.2) is 9.80 Å². The quantitative estimate of drug-likeness (QED) is 0.700. The van der Waals surface area contributed by atoms with E-state index < -0.39 is 6.03 Å². The number of hydrazone groups is 1. The van der Waals surface area contributed by atoms with Crippen LogP contribution in [0.15, 0.2) is 59.7 Å². The van der Waals surface area contributed by atoms with Gasteiger partial charge in [0.25, 0.3) is 5.91 Å². The van der Waals surface area contributed by atoms with Crippen LogP contribution in [-0.2, 0) is 16.1 Å². The maximum Gasteiger partial charge on any atom is 0.316 e. The van der Waals surface area contributed by atoms with Crippen LogP contribution in [0.3, 0.4) is 0 Å². The third kappa shape index (κ3) is 5.41. The molecule has 150 valence electrons. The number of nitrogens with two attached hydrogens (primary N) is 1. The van der Waals surface area contributed by atoms with Crippen LogP contribution in [0.1, 0.15) is 36.9 Å². The molecular formula is C21H23N5O3. The molecule has 1 heterocycles. The molecule has 2 aromatic carbocycles. The molecule has 0 radical (unpaired) electrons. The van der Waals surface area contributed by atoms with E-state index in [9.17, 15) is 14.4 Å². The van der Waals surface area contributed by atoms with Crippen molar-refractivity contribution in [3.8, 4) is 0 Å². The molecule has 0 saturated heterocycles. The zero-order valence-electron chi connectivity index (χ0n) is 16.1. The number of benzene rings is 2. The first-order valence-electron chi connectivity index (χ1n) is 9.31. The van der Waals surface area contributed by atoms with Crippen molar-refractivity contribution in [3.63, 3.8) is 0 Å². The Bertz CT molecular complexity index is 925. The molecule has 4 N–H and O–H groups in total. The first kappa shape index (κ1) is 20.1. The molecule has 0 saturated carbocycles. The highest BCUT2D eigenvalue weighted by atomic mass is 16.2. The third-order valence-electron chi connectivity index (χ3n) is 4.57. The summed E-state index contributed by atoms with van der Waals surface area (Å²) < 4.78 is 0. The molecule has 4 amide bonds. The predicted octanol–water partition coefficient (Wildman–Crippen LogP) is 2.53. The van der Waals surface area contributed by atoms with Crippen molar-refractivity contribution < 1.29 is 14.4 Å². The lowest BCUT2D eigenvalue weighted by molar-refractivity contribution is -0.132. The predicted molar refractivity (Wildman–Crippen MR) is 110 cm³/mol. The van der Waals surface area contributed by atoms with E-state index in [0.29, 0.717) is 24.4 Å². The molecule has 2 aromatic rings. The molecule has 8 nitrogen and oxygen atoms in total. The van der Waals surface area contributed by atoms with E-state index in [0.717, 1.165) is 11.1 Å². The van der Waals surface area contributed by atoms with Gasteiger partial charge in [-0.15, -0.1) is 0 Å². The normalized spacial score (nSPS) is 14.7. The number of hydrogen-bond donors (Lipinski definition) is 3. The highest BCUT2D eigenvalue weighted by Crippen LogP contribution is 2.18. The van der Waals surface area contributed by atoms with Gasteiger partial charge in [0.15, 0.2) is 0 Å². The van der Waals surface area contributed by atoms with Crippen molar-refractivity contribution in [1.82, 2.24) is 10.3 Å². The van der Waals surface area contributed by atoms with Gasteiger partial charge in [-0.1, -0.05) is 42.5 Å². The fraction of sp³-hybridized carbons (Fsp3) is 0.238. The van der Waals surface area contributed by atoms with E-state index in [1.54, 1.807) is 24.3 Å². The molecule has 1 aliphatic rings. The number of urea groups is 1. The summed E-state index contributed by atoms with van der Waals surface area (Å²) in [5.41, 5.74) is 7.81. The second-order valence-electron chi connectivity index (χ2n) is 6.79. The highest BCUT2D eigenvalue weighted by molar-refractivity contribution is 6.39. The molecule has 0 aromatic heterocycles. The molecule has 8 heteroatoms. The molecule has 0 fully saturated rings. The van der Waals surface area contributed by atoms with E-state index in [1.807, 2.05) is 37.3 Å². The summed E-state index contributed by atoms with van der Waals surface area (Å²) in [4.78, 5) is 35.7. The molecule has 3 rings (SSSR count). The lowest BCUT2D eigenvalue weighted by Crippen LogP contribution is -2.39. The first-order valence-corrected chi connectivity index (χ1v) is 9.31. The number of carbonyl (C=O) groups excluding carboxylic acids is 3. The van der Waals surface area contributed by atoms with Gasteiger partial charge in [0, 0.05) is 18.5 Å². The average Bonchev–Trinajstić information content (AvgIpc) is 2.70. The smallest absolute Gasteiger partial charge is 0.316 e. The van der Waals surface area contributed by atoms with Gasteiger partial charge >= 0.3 is 6.03 Å². The molecule has 0 spiro atoms. The van der Waals surface area contributed by atoms with E-state index in [1.165, 1.54) is 5.01 Å². The van der Waals surface area contributed by atoms with Gasteiger partial charge in [-0.05, 0) is 30.2 Å². The maximum atomic E-state index is 12.6. The summed E-state index contributed by atoms with van der Waals surface area (Å²) in [5, 5.41) is 11.0. The van der Waals surface area contributed by atoms with Crippen molar-refractivity contribution in [2.75, 3.05) is 5.32 Å². The van der Waals surface area contributed by atoms with Crippen LogP contribution in [0.4, 0.5) is 10.5 Å². The maximum absolute atomic E-state index is 12.6.